The minimum atomic E-state index is 0.204. The summed E-state index contributed by atoms with van der Waals surface area (Å²) >= 11 is 0. The SMILES string of the molecule is c1ccc(B2c3cc(-c4ccccc4)ccc3-n3c4ccccc4c4cccc2c43)cc1.c1ccc(B2c3ccc(-c4ccccc4)cc3-n3c4ccccc4c4cccc2c43)cc1.c1ccc(B2c3cccc(-c4ccccc4)c3-n3c4ccccc4c4cccc2c43)cc1. The average Bonchev–Trinajstić information content (AvgIpc) is 1.53. The number of nitrogens with zero attached hydrogens (tertiary/aromatic N) is 3. The predicted molar refractivity (Wildman–Crippen MR) is 412 cm³/mol. The van der Waals surface area contributed by atoms with Crippen molar-refractivity contribution in [1.29, 1.82) is 0 Å². The minimum Gasteiger partial charge on any atom is -0.310 e. The van der Waals surface area contributed by atoms with Crippen molar-refractivity contribution in [1.82, 2.24) is 13.7 Å². The first-order valence-corrected chi connectivity index (χ1v) is 33.5. The molecule has 0 aliphatic carbocycles. The van der Waals surface area contributed by atoms with Crippen LogP contribution in [0.5, 0.6) is 0 Å². The Morgan fingerprint density at radius 2 is 0.531 bits per heavy atom. The topological polar surface area (TPSA) is 14.8 Å². The second-order valence-electron chi connectivity index (χ2n) is 25.7. The average molecular weight is 1220 g/mol. The summed E-state index contributed by atoms with van der Waals surface area (Å²) in [6.45, 7) is 0.627. The molecule has 0 spiro atoms. The Kier molecular flexibility index (Phi) is 13.2. The van der Waals surface area contributed by atoms with Gasteiger partial charge in [-0.15, -0.1) is 0 Å². The van der Waals surface area contributed by atoms with E-state index in [-0.39, 0.29) is 20.1 Å². The zero-order valence-electron chi connectivity index (χ0n) is 52.7. The van der Waals surface area contributed by atoms with E-state index in [1.165, 1.54) is 165 Å². The van der Waals surface area contributed by atoms with E-state index in [1.54, 1.807) is 0 Å². The van der Waals surface area contributed by atoms with Gasteiger partial charge in [0, 0.05) is 71.5 Å². The molecule has 18 aromatic rings. The quantitative estimate of drug-likeness (QED) is 0.147. The van der Waals surface area contributed by atoms with Crippen LogP contribution >= 0.6 is 0 Å². The van der Waals surface area contributed by atoms with Crippen molar-refractivity contribution in [3.8, 4) is 50.4 Å². The first-order chi connectivity index (χ1) is 47.7. The molecule has 0 N–H and O–H groups in total. The van der Waals surface area contributed by atoms with Gasteiger partial charge in [0.1, 0.15) is 0 Å². The lowest BCUT2D eigenvalue weighted by Crippen LogP contribution is -2.56. The Hall–Kier alpha value is -12.1. The van der Waals surface area contributed by atoms with Crippen molar-refractivity contribution < 1.29 is 0 Å². The highest BCUT2D eigenvalue weighted by molar-refractivity contribution is 6.99. The first kappa shape index (κ1) is 55.5. The largest absolute Gasteiger partial charge is 0.310 e. The summed E-state index contributed by atoms with van der Waals surface area (Å²) in [6, 6.07) is 133. The molecule has 444 valence electrons. The smallest absolute Gasteiger partial charge is 0.246 e. The molecular weight excluding hydrogens is 1160 g/mol. The van der Waals surface area contributed by atoms with Crippen LogP contribution in [0.2, 0.25) is 0 Å². The van der Waals surface area contributed by atoms with Crippen molar-refractivity contribution in [2.75, 3.05) is 0 Å². The molecule has 96 heavy (non-hydrogen) atoms. The van der Waals surface area contributed by atoms with Gasteiger partial charge >= 0.3 is 0 Å². The lowest BCUT2D eigenvalue weighted by Gasteiger charge is -2.29. The number of aromatic nitrogens is 3. The molecule has 3 aromatic heterocycles. The molecule has 0 amide bonds. The zero-order chi connectivity index (χ0) is 63.2. The molecule has 3 nitrogen and oxygen atoms in total. The lowest BCUT2D eigenvalue weighted by atomic mass is 9.35. The van der Waals surface area contributed by atoms with E-state index in [9.17, 15) is 0 Å². The van der Waals surface area contributed by atoms with Crippen LogP contribution in [0, 0.1) is 0 Å². The highest BCUT2D eigenvalue weighted by Crippen LogP contribution is 2.39. The predicted octanol–water partition coefficient (Wildman–Crippen LogP) is 15.8. The summed E-state index contributed by atoms with van der Waals surface area (Å²) in [5.41, 5.74) is 31.4. The highest BCUT2D eigenvalue weighted by atomic mass is 15.0. The standard InChI is InChI=1S/3C30H20BN/c1-3-11-21(12-4-1)23-16-9-18-26-29(23)32-28-20-8-7-15-24(28)25-17-10-19-27(30(25)32)31(26)22-13-5-2-6-14-22;1-3-10-21(11-4-1)22-18-19-26-29(20-22)32-28-17-8-7-14-24(28)25-15-9-16-27(30(25)32)31(26)23-12-5-2-6-13-23;1-3-10-21(11-4-1)22-18-19-29-27(20-22)31(23-12-5-2-6-13-23)26-16-9-15-25-24-14-7-8-17-28(24)32(29)30(25)26/h3*1-20H. The zero-order valence-corrected chi connectivity index (χ0v) is 52.7. The summed E-state index contributed by atoms with van der Waals surface area (Å²) in [4.78, 5) is 0. The molecule has 0 saturated heterocycles. The number of fused-ring (bicyclic) bond motifs is 15. The second-order valence-corrected chi connectivity index (χ2v) is 25.7. The van der Waals surface area contributed by atoms with Gasteiger partial charge in [-0.3, -0.25) is 0 Å². The number of rotatable bonds is 6. The molecule has 6 heteroatoms. The van der Waals surface area contributed by atoms with E-state index >= 15 is 0 Å². The third-order valence-electron chi connectivity index (χ3n) is 20.6. The number of para-hydroxylation sites is 7. The fourth-order valence-corrected chi connectivity index (χ4v) is 16.6. The maximum atomic E-state index is 2.51. The van der Waals surface area contributed by atoms with E-state index in [4.69, 9.17) is 0 Å². The van der Waals surface area contributed by atoms with Crippen LogP contribution in [0.25, 0.3) is 116 Å². The minimum absolute atomic E-state index is 0.204. The van der Waals surface area contributed by atoms with Crippen LogP contribution in [0.4, 0.5) is 0 Å². The Morgan fingerprint density at radius 1 is 0.188 bits per heavy atom. The van der Waals surface area contributed by atoms with E-state index in [0.717, 1.165) is 0 Å². The van der Waals surface area contributed by atoms with Crippen LogP contribution in [0.15, 0.2) is 364 Å². The van der Waals surface area contributed by atoms with Crippen molar-refractivity contribution >= 4 is 135 Å². The van der Waals surface area contributed by atoms with E-state index in [2.05, 4.69) is 378 Å². The molecule has 3 aliphatic heterocycles. The van der Waals surface area contributed by atoms with Crippen LogP contribution in [-0.4, -0.2) is 33.8 Å². The van der Waals surface area contributed by atoms with E-state index in [0.29, 0.717) is 0 Å². The normalized spacial score (nSPS) is 12.3. The van der Waals surface area contributed by atoms with Crippen LogP contribution < -0.4 is 49.2 Å². The number of benzene rings is 15. The Balaban J connectivity index is 0.000000102. The molecule has 3 aliphatic rings. The van der Waals surface area contributed by atoms with Crippen molar-refractivity contribution in [2.24, 2.45) is 0 Å². The monoisotopic (exact) mass is 1220 g/mol. The van der Waals surface area contributed by atoms with E-state index < -0.39 is 0 Å². The van der Waals surface area contributed by atoms with Crippen LogP contribution in [-0.2, 0) is 0 Å². The first-order valence-electron chi connectivity index (χ1n) is 33.5. The Bertz CT molecular complexity index is 5980. The van der Waals surface area contributed by atoms with Crippen molar-refractivity contribution in [2.45, 2.75) is 0 Å². The number of hydrogen-bond donors (Lipinski definition) is 0. The molecule has 15 aromatic carbocycles. The summed E-state index contributed by atoms with van der Waals surface area (Å²) < 4.78 is 7.47. The lowest BCUT2D eigenvalue weighted by molar-refractivity contribution is 1.19. The third-order valence-corrected chi connectivity index (χ3v) is 20.6. The molecule has 0 fully saturated rings. The van der Waals surface area contributed by atoms with Gasteiger partial charge in [-0.25, -0.2) is 0 Å². The third kappa shape index (κ3) is 8.79. The molecule has 0 radical (unpaired) electrons. The molecule has 0 bridgehead atoms. The second kappa shape index (κ2) is 22.9. The molecule has 0 saturated carbocycles. The molecule has 0 atom stereocenters. The maximum Gasteiger partial charge on any atom is 0.246 e. The Labute approximate surface area is 559 Å². The van der Waals surface area contributed by atoms with Gasteiger partial charge in [-0.05, 0) is 90.9 Å². The summed E-state index contributed by atoms with van der Waals surface area (Å²) in [6.07, 6.45) is 0. The Morgan fingerprint density at radius 3 is 1.02 bits per heavy atom. The fraction of sp³-hybridized carbons (Fsp3) is 0. The van der Waals surface area contributed by atoms with Gasteiger partial charge < -0.3 is 13.7 Å². The molecule has 0 unspecified atom stereocenters. The number of hydrogen-bond acceptors (Lipinski definition) is 0. The van der Waals surface area contributed by atoms with Gasteiger partial charge in [-0.2, -0.15) is 0 Å². The molecule has 21 rings (SSSR count). The van der Waals surface area contributed by atoms with Gasteiger partial charge in [0.15, 0.2) is 0 Å². The van der Waals surface area contributed by atoms with E-state index in [1.807, 2.05) is 0 Å². The summed E-state index contributed by atoms with van der Waals surface area (Å²) in [5.74, 6) is 0. The van der Waals surface area contributed by atoms with Gasteiger partial charge in [0.05, 0.1) is 16.6 Å². The van der Waals surface area contributed by atoms with Gasteiger partial charge in [-0.1, -0.05) is 350 Å². The maximum absolute atomic E-state index is 2.51. The highest BCUT2D eigenvalue weighted by Gasteiger charge is 2.37. The fourth-order valence-electron chi connectivity index (χ4n) is 16.6. The molecule has 6 heterocycles. The van der Waals surface area contributed by atoms with Gasteiger partial charge in [0.2, 0.25) is 20.1 Å². The van der Waals surface area contributed by atoms with Crippen LogP contribution in [0.1, 0.15) is 0 Å². The van der Waals surface area contributed by atoms with Crippen molar-refractivity contribution in [3.05, 3.63) is 364 Å². The summed E-state index contributed by atoms with van der Waals surface area (Å²) in [5, 5.41) is 7.93. The van der Waals surface area contributed by atoms with Crippen molar-refractivity contribution in [3.63, 3.8) is 0 Å². The van der Waals surface area contributed by atoms with Crippen LogP contribution in [0.3, 0.4) is 0 Å². The molecular formula is C90H60B3N3. The summed E-state index contributed by atoms with van der Waals surface area (Å²) in [7, 11) is 0. The van der Waals surface area contributed by atoms with Gasteiger partial charge in [0.25, 0.3) is 0 Å².